The van der Waals surface area contributed by atoms with Crippen molar-refractivity contribution in [3.05, 3.63) is 36.5 Å². The molecule has 4 rings (SSSR count). The van der Waals surface area contributed by atoms with Gasteiger partial charge in [0.05, 0.1) is 31.2 Å². The van der Waals surface area contributed by atoms with Crippen LogP contribution in [0.25, 0.3) is 16.7 Å². The minimum Gasteiger partial charge on any atom is -0.479 e. The van der Waals surface area contributed by atoms with Crippen LogP contribution in [-0.2, 0) is 30.3 Å². The van der Waals surface area contributed by atoms with Gasteiger partial charge in [0.1, 0.15) is 10.6 Å². The Kier molecular flexibility index (Phi) is 4.64. The molecule has 0 aliphatic heterocycles. The van der Waals surface area contributed by atoms with Gasteiger partial charge in [-0.3, -0.25) is 14.1 Å². The molecule has 0 radical (unpaired) electrons. The maximum absolute atomic E-state index is 13.0. The highest BCUT2D eigenvalue weighted by atomic mass is 32.2. The van der Waals surface area contributed by atoms with Crippen LogP contribution in [0.4, 0.5) is 18.9 Å². The lowest BCUT2D eigenvalue weighted by atomic mass is 10.3. The largest absolute Gasteiger partial charge is 0.479 e. The van der Waals surface area contributed by atoms with E-state index in [1.54, 1.807) is 7.05 Å². The predicted octanol–water partition coefficient (Wildman–Crippen LogP) is 1.72. The number of hydrogen-bond donors (Lipinski definition) is 1. The van der Waals surface area contributed by atoms with Gasteiger partial charge in [-0.15, -0.1) is 0 Å². The number of methoxy groups -OCH3 is 1. The highest BCUT2D eigenvalue weighted by molar-refractivity contribution is 7.92. The Hall–Kier alpha value is -3.62. The van der Waals surface area contributed by atoms with Crippen LogP contribution in [0.15, 0.2) is 35.7 Å². The number of halogens is 3. The van der Waals surface area contributed by atoms with Crippen molar-refractivity contribution < 1.29 is 26.3 Å². The molecule has 4 aromatic heterocycles. The number of alkyl halides is 3. The second-order valence-electron chi connectivity index (χ2n) is 6.45. The van der Waals surface area contributed by atoms with Gasteiger partial charge in [0.2, 0.25) is 5.88 Å². The Balaban J connectivity index is 1.73. The van der Waals surface area contributed by atoms with Gasteiger partial charge in [-0.2, -0.15) is 28.5 Å². The second kappa shape index (κ2) is 6.97. The van der Waals surface area contributed by atoms with E-state index < -0.39 is 21.9 Å². The zero-order chi connectivity index (χ0) is 22.6. The monoisotopic (exact) mass is 456 g/mol. The molecule has 4 aromatic rings. The van der Waals surface area contributed by atoms with E-state index in [0.29, 0.717) is 10.9 Å². The molecule has 31 heavy (non-hydrogen) atoms. The first kappa shape index (κ1) is 20.6. The average Bonchev–Trinajstić information content (AvgIpc) is 3.40. The quantitative estimate of drug-likeness (QED) is 0.485. The molecular weight excluding hydrogens is 441 g/mol. The molecule has 164 valence electrons. The summed E-state index contributed by atoms with van der Waals surface area (Å²) in [4.78, 5) is 3.78. The number of nitrogens with zero attached hydrogens (tertiary/aromatic N) is 7. The van der Waals surface area contributed by atoms with E-state index in [1.807, 2.05) is 0 Å². The van der Waals surface area contributed by atoms with E-state index in [-0.39, 0.29) is 22.3 Å². The minimum atomic E-state index is -4.65. The van der Waals surface area contributed by atoms with E-state index in [0.717, 1.165) is 27.8 Å². The Morgan fingerprint density at radius 1 is 1.10 bits per heavy atom. The van der Waals surface area contributed by atoms with Crippen LogP contribution < -0.4 is 9.46 Å². The number of anilines is 1. The zero-order valence-electron chi connectivity index (χ0n) is 16.3. The molecule has 0 atom stereocenters. The van der Waals surface area contributed by atoms with Crippen molar-refractivity contribution in [1.29, 1.82) is 0 Å². The molecule has 11 nitrogen and oxygen atoms in total. The first-order valence-corrected chi connectivity index (χ1v) is 10.0. The van der Waals surface area contributed by atoms with Crippen molar-refractivity contribution in [2.75, 3.05) is 11.8 Å². The van der Waals surface area contributed by atoms with Gasteiger partial charge >= 0.3 is 6.18 Å². The summed E-state index contributed by atoms with van der Waals surface area (Å²) in [6, 6.07) is 0.764. The zero-order valence-corrected chi connectivity index (χ0v) is 17.1. The summed E-state index contributed by atoms with van der Waals surface area (Å²) in [5.74, 6) is -0.0460. The summed E-state index contributed by atoms with van der Waals surface area (Å²) in [5, 5.41) is 11.9. The summed E-state index contributed by atoms with van der Waals surface area (Å²) < 4.78 is 75.6. The second-order valence-corrected chi connectivity index (χ2v) is 8.13. The van der Waals surface area contributed by atoms with Crippen molar-refractivity contribution >= 4 is 26.6 Å². The van der Waals surface area contributed by atoms with Crippen molar-refractivity contribution in [3.63, 3.8) is 0 Å². The third-order valence-corrected chi connectivity index (χ3v) is 5.72. The Bertz CT molecular complexity index is 1390. The lowest BCUT2D eigenvalue weighted by molar-refractivity contribution is -0.141. The van der Waals surface area contributed by atoms with Crippen LogP contribution in [0.2, 0.25) is 0 Å². The number of aryl methyl sites for hydroxylation is 2. The Morgan fingerprint density at radius 3 is 2.48 bits per heavy atom. The summed E-state index contributed by atoms with van der Waals surface area (Å²) in [6.45, 7) is 0. The molecule has 0 saturated heterocycles. The number of fused-ring (bicyclic) bond motifs is 1. The number of nitrogens with one attached hydrogen (secondary N) is 1. The van der Waals surface area contributed by atoms with Crippen molar-refractivity contribution in [2.24, 2.45) is 14.1 Å². The van der Waals surface area contributed by atoms with Crippen LogP contribution in [0, 0.1) is 0 Å². The number of ether oxygens (including phenoxy) is 1. The Labute approximate surface area is 173 Å². The van der Waals surface area contributed by atoms with E-state index in [4.69, 9.17) is 4.74 Å². The van der Waals surface area contributed by atoms with Gasteiger partial charge < -0.3 is 4.74 Å². The molecule has 0 saturated carbocycles. The molecule has 0 aromatic carbocycles. The number of sulfonamides is 1. The van der Waals surface area contributed by atoms with Gasteiger partial charge in [0.25, 0.3) is 10.0 Å². The first-order valence-electron chi connectivity index (χ1n) is 8.55. The van der Waals surface area contributed by atoms with Crippen LogP contribution in [0.1, 0.15) is 5.69 Å². The predicted molar refractivity (Wildman–Crippen MR) is 101 cm³/mol. The fourth-order valence-corrected chi connectivity index (χ4v) is 3.96. The maximum atomic E-state index is 13.0. The normalized spacial score (nSPS) is 12.5. The fourth-order valence-electron chi connectivity index (χ4n) is 2.97. The highest BCUT2D eigenvalue weighted by Crippen LogP contribution is 2.33. The van der Waals surface area contributed by atoms with Gasteiger partial charge in [-0.25, -0.2) is 18.1 Å². The number of hydrogen-bond acceptors (Lipinski definition) is 7. The van der Waals surface area contributed by atoms with Crippen molar-refractivity contribution in [2.45, 2.75) is 11.1 Å². The van der Waals surface area contributed by atoms with Crippen LogP contribution in [0.3, 0.4) is 0 Å². The molecule has 1 N–H and O–H groups in total. The van der Waals surface area contributed by atoms with Crippen molar-refractivity contribution in [3.8, 4) is 11.7 Å². The fraction of sp³-hybridized carbons (Fsp3) is 0.250. The van der Waals surface area contributed by atoms with Crippen molar-refractivity contribution in [1.82, 2.24) is 34.3 Å². The molecule has 0 spiro atoms. The van der Waals surface area contributed by atoms with Gasteiger partial charge in [-0.1, -0.05) is 0 Å². The summed E-state index contributed by atoms with van der Waals surface area (Å²) in [7, 11) is 0.0476. The average molecular weight is 456 g/mol. The van der Waals surface area contributed by atoms with E-state index in [2.05, 4.69) is 25.0 Å². The molecular formula is C16H15F3N8O3S. The van der Waals surface area contributed by atoms with Gasteiger partial charge in [0, 0.05) is 31.7 Å². The van der Waals surface area contributed by atoms with E-state index in [1.165, 1.54) is 31.2 Å². The standard InChI is InChI=1S/C16H15F3N8O3S/c1-25-12(4-11(23-25)16(17,18)19)27-8-10(7-22-27)31(28,29)24-13-14-9(6-21-26(14)2)5-20-15(13)30-3/h4-8,24H,1-3H3. The Morgan fingerprint density at radius 2 is 1.84 bits per heavy atom. The van der Waals surface area contributed by atoms with E-state index >= 15 is 0 Å². The first-order chi connectivity index (χ1) is 14.5. The van der Waals surface area contributed by atoms with Gasteiger partial charge in [-0.05, 0) is 0 Å². The molecule has 0 fully saturated rings. The molecule has 0 bridgehead atoms. The van der Waals surface area contributed by atoms with Crippen LogP contribution in [0.5, 0.6) is 5.88 Å². The lowest BCUT2D eigenvalue weighted by Gasteiger charge is -2.12. The van der Waals surface area contributed by atoms with Crippen LogP contribution in [-0.4, -0.2) is 49.9 Å². The molecule has 15 heteroatoms. The summed E-state index contributed by atoms with van der Waals surface area (Å²) in [6.07, 6.45) is 0.426. The topological polar surface area (TPSA) is 122 Å². The lowest BCUT2D eigenvalue weighted by Crippen LogP contribution is -2.14. The number of aromatic nitrogens is 7. The molecule has 0 unspecified atom stereocenters. The summed E-state index contributed by atoms with van der Waals surface area (Å²) in [5.41, 5.74) is -0.626. The van der Waals surface area contributed by atoms with Gasteiger partial charge in [0.15, 0.2) is 11.5 Å². The smallest absolute Gasteiger partial charge is 0.435 e. The van der Waals surface area contributed by atoms with Crippen LogP contribution >= 0.6 is 0 Å². The molecule has 0 amide bonds. The SMILES string of the molecule is COc1ncc2cnn(C)c2c1NS(=O)(=O)c1cnn(-c2cc(C(F)(F)F)nn2C)c1. The maximum Gasteiger partial charge on any atom is 0.435 e. The minimum absolute atomic E-state index is 0.0218. The van der Waals surface area contributed by atoms with E-state index in [9.17, 15) is 21.6 Å². The molecule has 0 aliphatic carbocycles. The number of rotatable bonds is 5. The summed E-state index contributed by atoms with van der Waals surface area (Å²) >= 11 is 0. The third-order valence-electron chi connectivity index (χ3n) is 4.42. The molecule has 0 aliphatic rings. The third kappa shape index (κ3) is 3.56. The number of pyridine rings is 1. The molecule has 4 heterocycles. The highest BCUT2D eigenvalue weighted by Gasteiger charge is 2.35.